The van der Waals surface area contributed by atoms with Crippen LogP contribution in [0.1, 0.15) is 0 Å². The highest BCUT2D eigenvalue weighted by atomic mass is 35.5. The topological polar surface area (TPSA) is 72.7 Å². The summed E-state index contributed by atoms with van der Waals surface area (Å²) in [4.78, 5) is 21.4. The average Bonchev–Trinajstić information content (AvgIpc) is 2.91. The first-order valence-corrected chi connectivity index (χ1v) is 7.75. The Morgan fingerprint density at radius 2 is 1.62 bits per heavy atom. The van der Waals surface area contributed by atoms with E-state index in [0.717, 1.165) is 4.68 Å². The molecule has 0 bridgehead atoms. The Hall–Kier alpha value is -2.70. The van der Waals surface area contributed by atoms with Gasteiger partial charge in [0.05, 0.1) is 11.0 Å². The molecule has 2 heterocycles. The van der Waals surface area contributed by atoms with E-state index in [4.69, 9.17) is 23.2 Å². The molecule has 118 valence electrons. The second-order valence-corrected chi connectivity index (χ2v) is 5.82. The standard InChI is InChI=1S/C16H9Cl2N5O/c17-9-5-7-10(8-6-9)19-16(24)23-15-13(14(18)22-23)20-11-3-1-2-4-12(11)21-15/h1-8H,(H,19,24). The van der Waals surface area contributed by atoms with Crippen molar-refractivity contribution in [1.82, 2.24) is 19.7 Å². The molecule has 0 saturated heterocycles. The van der Waals surface area contributed by atoms with Crippen LogP contribution in [0.25, 0.3) is 22.2 Å². The summed E-state index contributed by atoms with van der Waals surface area (Å²) in [5.74, 6) is 0. The molecular formula is C16H9Cl2N5O. The zero-order valence-corrected chi connectivity index (χ0v) is 13.6. The Labute approximate surface area is 146 Å². The minimum Gasteiger partial charge on any atom is -0.306 e. The van der Waals surface area contributed by atoms with Gasteiger partial charge < -0.3 is 5.32 Å². The molecule has 0 aliphatic rings. The average molecular weight is 358 g/mol. The van der Waals surface area contributed by atoms with E-state index in [-0.39, 0.29) is 5.15 Å². The number of hydrogen-bond donors (Lipinski definition) is 1. The van der Waals surface area contributed by atoms with Crippen molar-refractivity contribution >= 4 is 57.1 Å². The molecule has 0 radical (unpaired) electrons. The molecule has 4 rings (SSSR count). The van der Waals surface area contributed by atoms with Gasteiger partial charge in [-0.3, -0.25) is 0 Å². The fourth-order valence-corrected chi connectivity index (χ4v) is 2.64. The molecule has 24 heavy (non-hydrogen) atoms. The molecule has 6 nitrogen and oxygen atoms in total. The van der Waals surface area contributed by atoms with Crippen LogP contribution in [-0.2, 0) is 0 Å². The summed E-state index contributed by atoms with van der Waals surface area (Å²) in [6.07, 6.45) is 0. The number of amides is 1. The quantitative estimate of drug-likeness (QED) is 0.549. The zero-order chi connectivity index (χ0) is 16.7. The number of aromatic nitrogens is 4. The van der Waals surface area contributed by atoms with Crippen LogP contribution in [0.2, 0.25) is 10.2 Å². The summed E-state index contributed by atoms with van der Waals surface area (Å²) < 4.78 is 1.10. The normalized spacial score (nSPS) is 11.1. The number of rotatable bonds is 1. The summed E-state index contributed by atoms with van der Waals surface area (Å²) in [5.41, 5.74) is 2.59. The molecule has 0 spiro atoms. The monoisotopic (exact) mass is 357 g/mol. The van der Waals surface area contributed by atoms with E-state index >= 15 is 0 Å². The van der Waals surface area contributed by atoms with Gasteiger partial charge in [0.2, 0.25) is 0 Å². The zero-order valence-electron chi connectivity index (χ0n) is 12.1. The Morgan fingerprint density at radius 1 is 0.958 bits per heavy atom. The van der Waals surface area contributed by atoms with Gasteiger partial charge in [0, 0.05) is 10.7 Å². The third kappa shape index (κ3) is 2.55. The van der Waals surface area contributed by atoms with Gasteiger partial charge in [-0.1, -0.05) is 35.3 Å². The molecule has 0 aliphatic heterocycles. The first-order chi connectivity index (χ1) is 11.6. The van der Waals surface area contributed by atoms with Crippen molar-refractivity contribution in [3.05, 3.63) is 58.7 Å². The van der Waals surface area contributed by atoms with Crippen LogP contribution in [0.15, 0.2) is 48.5 Å². The molecule has 2 aromatic heterocycles. The number of para-hydroxylation sites is 2. The van der Waals surface area contributed by atoms with Gasteiger partial charge in [-0.05, 0) is 36.4 Å². The minimum absolute atomic E-state index is 0.120. The second-order valence-electron chi connectivity index (χ2n) is 5.02. The van der Waals surface area contributed by atoms with Gasteiger partial charge in [-0.2, -0.15) is 4.68 Å². The SMILES string of the molecule is O=C(Nc1ccc(Cl)cc1)n1nc(Cl)c2nc3ccccc3nc21. The van der Waals surface area contributed by atoms with Crippen molar-refractivity contribution in [2.75, 3.05) is 5.32 Å². The van der Waals surface area contributed by atoms with Gasteiger partial charge in [-0.25, -0.2) is 14.8 Å². The Balaban J connectivity index is 1.79. The van der Waals surface area contributed by atoms with Crippen LogP contribution in [0.4, 0.5) is 10.5 Å². The molecular weight excluding hydrogens is 349 g/mol. The number of anilines is 1. The Kier molecular flexibility index (Phi) is 3.55. The van der Waals surface area contributed by atoms with Crippen LogP contribution in [0.3, 0.4) is 0 Å². The number of fused-ring (bicyclic) bond motifs is 2. The summed E-state index contributed by atoms with van der Waals surface area (Å²) in [6, 6.07) is 13.6. The molecule has 1 N–H and O–H groups in total. The van der Waals surface area contributed by atoms with Gasteiger partial charge in [-0.15, -0.1) is 5.10 Å². The summed E-state index contributed by atoms with van der Waals surface area (Å²) in [6.45, 7) is 0. The maximum Gasteiger partial charge on any atom is 0.348 e. The van der Waals surface area contributed by atoms with E-state index < -0.39 is 6.03 Å². The lowest BCUT2D eigenvalue weighted by Gasteiger charge is -2.05. The third-order valence-corrected chi connectivity index (χ3v) is 3.93. The molecule has 2 aromatic carbocycles. The number of carbonyl (C=O) groups excluding carboxylic acids is 1. The van der Waals surface area contributed by atoms with Gasteiger partial charge in [0.15, 0.2) is 10.8 Å². The van der Waals surface area contributed by atoms with Crippen LogP contribution in [-0.4, -0.2) is 25.8 Å². The lowest BCUT2D eigenvalue weighted by molar-refractivity contribution is 0.251. The van der Waals surface area contributed by atoms with Crippen LogP contribution >= 0.6 is 23.2 Å². The van der Waals surface area contributed by atoms with Crippen molar-refractivity contribution < 1.29 is 4.79 Å². The van der Waals surface area contributed by atoms with Crippen molar-refractivity contribution in [2.45, 2.75) is 0 Å². The molecule has 0 fully saturated rings. The van der Waals surface area contributed by atoms with E-state index in [2.05, 4.69) is 20.4 Å². The highest BCUT2D eigenvalue weighted by molar-refractivity contribution is 6.34. The number of hydrogen-bond acceptors (Lipinski definition) is 4. The maximum atomic E-state index is 12.5. The lowest BCUT2D eigenvalue weighted by atomic mass is 10.3. The summed E-state index contributed by atoms with van der Waals surface area (Å²) in [5, 5.41) is 7.46. The molecule has 0 atom stereocenters. The minimum atomic E-state index is -0.487. The fraction of sp³-hybridized carbons (Fsp3) is 0. The predicted molar refractivity (Wildman–Crippen MR) is 93.7 cm³/mol. The van der Waals surface area contributed by atoms with E-state index in [1.54, 1.807) is 24.3 Å². The smallest absolute Gasteiger partial charge is 0.306 e. The molecule has 0 saturated carbocycles. The van der Waals surface area contributed by atoms with Gasteiger partial charge in [0.25, 0.3) is 0 Å². The number of nitrogens with zero attached hydrogens (tertiary/aromatic N) is 4. The largest absolute Gasteiger partial charge is 0.348 e. The molecule has 0 aliphatic carbocycles. The van der Waals surface area contributed by atoms with E-state index in [9.17, 15) is 4.79 Å². The molecule has 1 amide bonds. The third-order valence-electron chi connectivity index (χ3n) is 3.42. The number of halogens is 2. The Morgan fingerprint density at radius 3 is 2.33 bits per heavy atom. The second kappa shape index (κ2) is 5.74. The number of nitrogens with one attached hydrogen (secondary N) is 1. The number of carbonyl (C=O) groups is 1. The van der Waals surface area contributed by atoms with E-state index in [1.807, 2.05) is 24.3 Å². The fourth-order valence-electron chi connectivity index (χ4n) is 2.31. The van der Waals surface area contributed by atoms with Crippen molar-refractivity contribution in [1.29, 1.82) is 0 Å². The van der Waals surface area contributed by atoms with Gasteiger partial charge in [0.1, 0.15) is 5.52 Å². The number of benzene rings is 2. The highest BCUT2D eigenvalue weighted by Crippen LogP contribution is 2.23. The summed E-state index contributed by atoms with van der Waals surface area (Å²) >= 11 is 12.0. The maximum absolute atomic E-state index is 12.5. The highest BCUT2D eigenvalue weighted by Gasteiger charge is 2.18. The van der Waals surface area contributed by atoms with Crippen LogP contribution in [0.5, 0.6) is 0 Å². The summed E-state index contributed by atoms with van der Waals surface area (Å²) in [7, 11) is 0. The first-order valence-electron chi connectivity index (χ1n) is 7.00. The lowest BCUT2D eigenvalue weighted by Crippen LogP contribution is -2.21. The van der Waals surface area contributed by atoms with E-state index in [0.29, 0.717) is 32.9 Å². The molecule has 4 aromatic rings. The van der Waals surface area contributed by atoms with Crippen LogP contribution in [0, 0.1) is 0 Å². The van der Waals surface area contributed by atoms with Crippen molar-refractivity contribution in [3.63, 3.8) is 0 Å². The first kappa shape index (κ1) is 14.9. The Bertz CT molecular complexity index is 1080. The van der Waals surface area contributed by atoms with Crippen molar-refractivity contribution in [2.24, 2.45) is 0 Å². The molecule has 0 unspecified atom stereocenters. The van der Waals surface area contributed by atoms with Crippen LogP contribution < -0.4 is 5.32 Å². The predicted octanol–water partition coefficient (Wildman–Crippen LogP) is 4.37. The van der Waals surface area contributed by atoms with E-state index in [1.165, 1.54) is 0 Å². The van der Waals surface area contributed by atoms with Gasteiger partial charge >= 0.3 is 6.03 Å². The van der Waals surface area contributed by atoms with Crippen molar-refractivity contribution in [3.8, 4) is 0 Å². The molecule has 8 heteroatoms.